The maximum Gasteiger partial charge on any atom is 0.359 e. The molecule has 0 N–H and O–H groups in total. The lowest BCUT2D eigenvalue weighted by atomic mass is 10.0. The van der Waals surface area contributed by atoms with Gasteiger partial charge < -0.3 is 9.64 Å². The van der Waals surface area contributed by atoms with Crippen molar-refractivity contribution in [3.05, 3.63) is 17.0 Å². The molecule has 2 rings (SSSR count). The van der Waals surface area contributed by atoms with Gasteiger partial charge in [-0.05, 0) is 13.8 Å². The standard InChI is InChI=1S/C13H18ClN3O3/c1-4-20-13(19)11-9-7-17(12(18)8(2)14)6-5-10(9)16(3)15-11/h8H,4-7H2,1-3H3. The zero-order valence-corrected chi connectivity index (χ0v) is 12.6. The van der Waals surface area contributed by atoms with Crippen molar-refractivity contribution in [2.45, 2.75) is 32.2 Å². The molecule has 6 nitrogen and oxygen atoms in total. The second-order valence-electron chi connectivity index (χ2n) is 4.74. The van der Waals surface area contributed by atoms with E-state index < -0.39 is 11.3 Å². The van der Waals surface area contributed by atoms with Gasteiger partial charge in [0, 0.05) is 37.8 Å². The van der Waals surface area contributed by atoms with Crippen molar-refractivity contribution in [2.24, 2.45) is 7.05 Å². The number of aromatic nitrogens is 2. The predicted molar refractivity (Wildman–Crippen MR) is 73.6 cm³/mol. The Hall–Kier alpha value is -1.56. The Labute approximate surface area is 122 Å². The number of nitrogens with zero attached hydrogens (tertiary/aromatic N) is 3. The monoisotopic (exact) mass is 299 g/mol. The van der Waals surface area contributed by atoms with Crippen molar-refractivity contribution >= 4 is 23.5 Å². The van der Waals surface area contributed by atoms with Gasteiger partial charge in [0.1, 0.15) is 5.38 Å². The number of hydrogen-bond donors (Lipinski definition) is 0. The van der Waals surface area contributed by atoms with Crippen LogP contribution < -0.4 is 0 Å². The van der Waals surface area contributed by atoms with Crippen LogP contribution in [0.25, 0.3) is 0 Å². The first-order valence-electron chi connectivity index (χ1n) is 6.60. The minimum atomic E-state index is -0.570. The van der Waals surface area contributed by atoms with E-state index in [0.717, 1.165) is 11.3 Å². The van der Waals surface area contributed by atoms with E-state index in [2.05, 4.69) is 5.10 Å². The Morgan fingerprint density at radius 2 is 2.20 bits per heavy atom. The molecule has 0 aliphatic carbocycles. The molecule has 0 saturated heterocycles. The van der Waals surface area contributed by atoms with Gasteiger partial charge in [0.15, 0.2) is 5.69 Å². The fraction of sp³-hybridized carbons (Fsp3) is 0.615. The fourth-order valence-electron chi connectivity index (χ4n) is 2.40. The van der Waals surface area contributed by atoms with E-state index in [-0.39, 0.29) is 5.91 Å². The van der Waals surface area contributed by atoms with Crippen LogP contribution in [0.4, 0.5) is 0 Å². The normalized spacial score (nSPS) is 15.7. The highest BCUT2D eigenvalue weighted by Gasteiger charge is 2.30. The quantitative estimate of drug-likeness (QED) is 0.619. The molecule has 0 radical (unpaired) electrons. The number of rotatable bonds is 3. The molecule has 1 atom stereocenters. The van der Waals surface area contributed by atoms with E-state index in [1.807, 2.05) is 0 Å². The van der Waals surface area contributed by atoms with Gasteiger partial charge in [-0.3, -0.25) is 9.48 Å². The lowest BCUT2D eigenvalue weighted by Gasteiger charge is -2.28. The van der Waals surface area contributed by atoms with Crippen LogP contribution in [0.3, 0.4) is 0 Å². The topological polar surface area (TPSA) is 64.4 Å². The summed E-state index contributed by atoms with van der Waals surface area (Å²) in [6.45, 7) is 4.64. The van der Waals surface area contributed by atoms with Crippen molar-refractivity contribution in [3.63, 3.8) is 0 Å². The van der Waals surface area contributed by atoms with E-state index in [9.17, 15) is 9.59 Å². The highest BCUT2D eigenvalue weighted by atomic mass is 35.5. The van der Waals surface area contributed by atoms with Crippen molar-refractivity contribution < 1.29 is 14.3 Å². The third kappa shape index (κ3) is 2.65. The van der Waals surface area contributed by atoms with Crippen LogP contribution in [0.5, 0.6) is 0 Å². The van der Waals surface area contributed by atoms with Crippen LogP contribution in [-0.2, 0) is 29.5 Å². The van der Waals surface area contributed by atoms with Crippen LogP contribution >= 0.6 is 11.6 Å². The molecule has 0 saturated carbocycles. The van der Waals surface area contributed by atoms with Crippen LogP contribution in [-0.4, -0.2) is 45.1 Å². The Morgan fingerprint density at radius 3 is 2.80 bits per heavy atom. The summed E-state index contributed by atoms with van der Waals surface area (Å²) in [5.74, 6) is -0.575. The zero-order valence-electron chi connectivity index (χ0n) is 11.9. The molecule has 1 aliphatic heterocycles. The van der Waals surface area contributed by atoms with E-state index >= 15 is 0 Å². The highest BCUT2D eigenvalue weighted by Crippen LogP contribution is 2.23. The Balaban J connectivity index is 2.30. The average molecular weight is 300 g/mol. The van der Waals surface area contributed by atoms with Crippen molar-refractivity contribution in [2.75, 3.05) is 13.2 Å². The summed E-state index contributed by atoms with van der Waals surface area (Å²) >= 11 is 5.84. The SMILES string of the molecule is CCOC(=O)c1nn(C)c2c1CN(C(=O)C(C)Cl)CC2. The third-order valence-corrected chi connectivity index (χ3v) is 3.55. The first-order valence-corrected chi connectivity index (χ1v) is 7.04. The number of esters is 1. The molecule has 1 aromatic heterocycles. The summed E-state index contributed by atoms with van der Waals surface area (Å²) in [7, 11) is 1.79. The summed E-state index contributed by atoms with van der Waals surface area (Å²) in [5, 5.41) is 3.65. The van der Waals surface area contributed by atoms with Gasteiger partial charge in [0.05, 0.1) is 6.61 Å². The minimum Gasteiger partial charge on any atom is -0.461 e. The first kappa shape index (κ1) is 14.8. The largest absolute Gasteiger partial charge is 0.461 e. The second kappa shape index (κ2) is 5.83. The average Bonchev–Trinajstić information content (AvgIpc) is 2.75. The summed E-state index contributed by atoms with van der Waals surface area (Å²) in [4.78, 5) is 25.5. The lowest BCUT2D eigenvalue weighted by molar-refractivity contribution is -0.131. The number of aryl methyl sites for hydroxylation is 1. The van der Waals surface area contributed by atoms with E-state index in [4.69, 9.17) is 16.3 Å². The molecule has 2 heterocycles. The number of carbonyl (C=O) groups excluding carboxylic acids is 2. The molecule has 20 heavy (non-hydrogen) atoms. The number of carbonyl (C=O) groups is 2. The molecule has 0 spiro atoms. The van der Waals surface area contributed by atoms with Gasteiger partial charge in [-0.25, -0.2) is 4.79 Å². The van der Waals surface area contributed by atoms with Crippen LogP contribution in [0, 0.1) is 0 Å². The zero-order chi connectivity index (χ0) is 14.9. The maximum atomic E-state index is 12.0. The van der Waals surface area contributed by atoms with Gasteiger partial charge in [-0.2, -0.15) is 5.10 Å². The lowest BCUT2D eigenvalue weighted by Crippen LogP contribution is -2.40. The summed E-state index contributed by atoms with van der Waals surface area (Å²) < 4.78 is 6.69. The third-order valence-electron chi connectivity index (χ3n) is 3.36. The smallest absolute Gasteiger partial charge is 0.359 e. The Kier molecular flexibility index (Phi) is 4.32. The molecule has 0 aromatic carbocycles. The van der Waals surface area contributed by atoms with Gasteiger partial charge in [-0.15, -0.1) is 11.6 Å². The van der Waals surface area contributed by atoms with Crippen molar-refractivity contribution in [1.29, 1.82) is 0 Å². The number of amides is 1. The molecule has 7 heteroatoms. The summed E-state index contributed by atoms with van der Waals surface area (Å²) in [5.41, 5.74) is 2.03. The number of fused-ring (bicyclic) bond motifs is 1. The van der Waals surface area contributed by atoms with Crippen molar-refractivity contribution in [1.82, 2.24) is 14.7 Å². The highest BCUT2D eigenvalue weighted by molar-refractivity contribution is 6.30. The Morgan fingerprint density at radius 1 is 1.50 bits per heavy atom. The molecule has 1 unspecified atom stereocenters. The van der Waals surface area contributed by atoms with E-state index in [1.54, 1.807) is 30.5 Å². The molecule has 0 fully saturated rings. The van der Waals surface area contributed by atoms with E-state index in [1.165, 1.54) is 0 Å². The second-order valence-corrected chi connectivity index (χ2v) is 5.40. The molecule has 1 aromatic rings. The molecule has 1 aliphatic rings. The van der Waals surface area contributed by atoms with Gasteiger partial charge >= 0.3 is 5.97 Å². The van der Waals surface area contributed by atoms with Crippen LogP contribution in [0.15, 0.2) is 0 Å². The molecular weight excluding hydrogens is 282 g/mol. The number of hydrogen-bond acceptors (Lipinski definition) is 4. The molecule has 1 amide bonds. The van der Waals surface area contributed by atoms with Gasteiger partial charge in [0.2, 0.25) is 5.91 Å². The number of halogens is 1. The predicted octanol–water partition coefficient (Wildman–Crippen LogP) is 1.11. The minimum absolute atomic E-state index is 0.129. The van der Waals surface area contributed by atoms with E-state index in [0.29, 0.717) is 31.8 Å². The Bertz CT molecular complexity index is 539. The van der Waals surface area contributed by atoms with Gasteiger partial charge in [-0.1, -0.05) is 0 Å². The number of ether oxygens (including phenoxy) is 1. The molecule has 110 valence electrons. The summed E-state index contributed by atoms with van der Waals surface area (Å²) in [6, 6.07) is 0. The first-order chi connectivity index (χ1) is 9.45. The molecule has 0 bridgehead atoms. The fourth-order valence-corrected chi connectivity index (χ4v) is 2.53. The van der Waals surface area contributed by atoms with Crippen LogP contribution in [0.2, 0.25) is 0 Å². The summed E-state index contributed by atoms with van der Waals surface area (Å²) in [6.07, 6.45) is 0.660. The maximum absolute atomic E-state index is 12.0. The van der Waals surface area contributed by atoms with Crippen molar-refractivity contribution in [3.8, 4) is 0 Å². The van der Waals surface area contributed by atoms with Crippen LogP contribution in [0.1, 0.15) is 35.6 Å². The van der Waals surface area contributed by atoms with Gasteiger partial charge in [0.25, 0.3) is 0 Å². The molecular formula is C13H18ClN3O3. The number of alkyl halides is 1.